The fourth-order valence-corrected chi connectivity index (χ4v) is 2.84. The SMILES string of the molecule is COC(=O)C(c1ccc(Cl)s1)C1CC1. The molecule has 76 valence electrons. The second-order valence-electron chi connectivity index (χ2n) is 3.48. The van der Waals surface area contributed by atoms with Crippen LogP contribution in [0.1, 0.15) is 23.6 Å². The number of halogens is 1. The fraction of sp³-hybridized carbons (Fsp3) is 0.500. The van der Waals surface area contributed by atoms with Crippen molar-refractivity contribution in [3.8, 4) is 0 Å². The van der Waals surface area contributed by atoms with Crippen LogP contribution in [0, 0.1) is 5.92 Å². The average molecular weight is 231 g/mol. The molecule has 0 radical (unpaired) electrons. The zero-order valence-electron chi connectivity index (χ0n) is 7.83. The number of ether oxygens (including phenoxy) is 1. The summed E-state index contributed by atoms with van der Waals surface area (Å²) in [6.45, 7) is 0. The summed E-state index contributed by atoms with van der Waals surface area (Å²) in [5.41, 5.74) is 0. The molecule has 0 amide bonds. The number of hydrogen-bond donors (Lipinski definition) is 0. The van der Waals surface area contributed by atoms with E-state index in [1.54, 1.807) is 0 Å². The third-order valence-electron chi connectivity index (χ3n) is 2.45. The maximum Gasteiger partial charge on any atom is 0.314 e. The highest BCUT2D eigenvalue weighted by molar-refractivity contribution is 7.16. The quantitative estimate of drug-likeness (QED) is 0.746. The predicted octanol–water partition coefficient (Wildman–Crippen LogP) is 3.07. The highest BCUT2D eigenvalue weighted by Gasteiger charge is 2.38. The summed E-state index contributed by atoms with van der Waals surface area (Å²) in [6.07, 6.45) is 2.24. The summed E-state index contributed by atoms with van der Waals surface area (Å²) in [7, 11) is 1.44. The second-order valence-corrected chi connectivity index (χ2v) is 5.23. The first-order chi connectivity index (χ1) is 6.72. The number of esters is 1. The minimum absolute atomic E-state index is 0.0856. The largest absolute Gasteiger partial charge is 0.469 e. The molecule has 4 heteroatoms. The van der Waals surface area contributed by atoms with Crippen LogP contribution in [0.5, 0.6) is 0 Å². The van der Waals surface area contributed by atoms with Crippen molar-refractivity contribution in [2.75, 3.05) is 7.11 Å². The van der Waals surface area contributed by atoms with Crippen molar-refractivity contribution in [3.05, 3.63) is 21.3 Å². The summed E-state index contributed by atoms with van der Waals surface area (Å²) < 4.78 is 5.53. The zero-order valence-corrected chi connectivity index (χ0v) is 9.40. The minimum atomic E-state index is -0.133. The van der Waals surface area contributed by atoms with Crippen LogP contribution in [0.2, 0.25) is 4.34 Å². The van der Waals surface area contributed by atoms with E-state index in [0.29, 0.717) is 5.92 Å². The number of carbonyl (C=O) groups excluding carboxylic acids is 1. The molecule has 0 saturated heterocycles. The van der Waals surface area contributed by atoms with Crippen molar-refractivity contribution in [3.63, 3.8) is 0 Å². The number of thiophene rings is 1. The molecule has 14 heavy (non-hydrogen) atoms. The molecule has 2 rings (SSSR count). The first-order valence-electron chi connectivity index (χ1n) is 4.55. The molecule has 1 aliphatic carbocycles. The van der Waals surface area contributed by atoms with E-state index >= 15 is 0 Å². The number of hydrogen-bond acceptors (Lipinski definition) is 3. The van der Waals surface area contributed by atoms with E-state index in [2.05, 4.69) is 0 Å². The molecule has 1 aromatic heterocycles. The van der Waals surface area contributed by atoms with Crippen LogP contribution in [0.3, 0.4) is 0 Å². The van der Waals surface area contributed by atoms with Gasteiger partial charge >= 0.3 is 5.97 Å². The lowest BCUT2D eigenvalue weighted by Gasteiger charge is -2.10. The fourth-order valence-electron chi connectivity index (χ4n) is 1.59. The lowest BCUT2D eigenvalue weighted by molar-refractivity contribution is -0.142. The maximum atomic E-state index is 11.5. The van der Waals surface area contributed by atoms with Crippen LogP contribution >= 0.6 is 22.9 Å². The minimum Gasteiger partial charge on any atom is -0.469 e. The highest BCUT2D eigenvalue weighted by Crippen LogP contribution is 2.45. The Kier molecular flexibility index (Phi) is 2.79. The number of methoxy groups -OCH3 is 1. The van der Waals surface area contributed by atoms with Gasteiger partial charge in [0.15, 0.2) is 0 Å². The molecule has 0 spiro atoms. The molecule has 1 aliphatic rings. The van der Waals surface area contributed by atoms with Gasteiger partial charge in [0.05, 0.1) is 17.4 Å². The van der Waals surface area contributed by atoms with Crippen LogP contribution in [-0.4, -0.2) is 13.1 Å². The van der Waals surface area contributed by atoms with E-state index in [0.717, 1.165) is 22.1 Å². The lowest BCUT2D eigenvalue weighted by atomic mass is 10.0. The Morgan fingerprint density at radius 2 is 2.36 bits per heavy atom. The van der Waals surface area contributed by atoms with Gasteiger partial charge in [-0.25, -0.2) is 0 Å². The number of carbonyl (C=O) groups is 1. The molecule has 0 N–H and O–H groups in total. The zero-order chi connectivity index (χ0) is 10.1. The Labute approximate surface area is 91.8 Å². The summed E-state index contributed by atoms with van der Waals surface area (Å²) in [6, 6.07) is 3.76. The van der Waals surface area contributed by atoms with Crippen LogP contribution < -0.4 is 0 Å². The highest BCUT2D eigenvalue weighted by atomic mass is 35.5. The smallest absolute Gasteiger partial charge is 0.314 e. The Bertz CT molecular complexity index is 344. The molecule has 1 saturated carbocycles. The van der Waals surface area contributed by atoms with Crippen LogP contribution in [0.15, 0.2) is 12.1 Å². The van der Waals surface area contributed by atoms with E-state index in [9.17, 15) is 4.79 Å². The Balaban J connectivity index is 2.22. The first-order valence-corrected chi connectivity index (χ1v) is 5.75. The van der Waals surface area contributed by atoms with Gasteiger partial charge in [0.1, 0.15) is 0 Å². The van der Waals surface area contributed by atoms with Crippen LogP contribution in [-0.2, 0) is 9.53 Å². The molecule has 0 aromatic carbocycles. The van der Waals surface area contributed by atoms with Gasteiger partial charge in [-0.1, -0.05) is 11.6 Å². The van der Waals surface area contributed by atoms with Gasteiger partial charge in [-0.3, -0.25) is 4.79 Å². The topological polar surface area (TPSA) is 26.3 Å². The van der Waals surface area contributed by atoms with Gasteiger partial charge in [-0.2, -0.15) is 0 Å². The third kappa shape index (κ3) is 1.93. The van der Waals surface area contributed by atoms with Crippen molar-refractivity contribution in [2.45, 2.75) is 18.8 Å². The molecular weight excluding hydrogens is 220 g/mol. The van der Waals surface area contributed by atoms with Crippen LogP contribution in [0.25, 0.3) is 0 Å². The molecule has 0 bridgehead atoms. The third-order valence-corrected chi connectivity index (χ3v) is 3.76. The molecule has 0 aliphatic heterocycles. The van der Waals surface area contributed by atoms with Crippen LogP contribution in [0.4, 0.5) is 0 Å². The molecule has 1 fully saturated rings. The van der Waals surface area contributed by atoms with Gasteiger partial charge in [0, 0.05) is 4.88 Å². The molecule has 1 atom stereocenters. The van der Waals surface area contributed by atoms with E-state index in [1.165, 1.54) is 18.4 Å². The van der Waals surface area contributed by atoms with Gasteiger partial charge in [-0.05, 0) is 30.9 Å². The van der Waals surface area contributed by atoms with Gasteiger partial charge in [0.25, 0.3) is 0 Å². The summed E-state index contributed by atoms with van der Waals surface area (Å²) in [5, 5.41) is 0. The first kappa shape index (κ1) is 9.99. The van der Waals surface area contributed by atoms with Gasteiger partial charge < -0.3 is 4.74 Å². The monoisotopic (exact) mass is 230 g/mol. The molecular formula is C10H11ClO2S. The van der Waals surface area contributed by atoms with Crippen molar-refractivity contribution in [1.82, 2.24) is 0 Å². The van der Waals surface area contributed by atoms with Gasteiger partial charge in [0.2, 0.25) is 0 Å². The number of rotatable bonds is 3. The van der Waals surface area contributed by atoms with E-state index in [4.69, 9.17) is 16.3 Å². The summed E-state index contributed by atoms with van der Waals surface area (Å²) in [5.74, 6) is 0.251. The molecule has 1 heterocycles. The predicted molar refractivity (Wildman–Crippen MR) is 56.8 cm³/mol. The van der Waals surface area contributed by atoms with Crippen molar-refractivity contribution in [1.29, 1.82) is 0 Å². The molecule has 1 aromatic rings. The summed E-state index contributed by atoms with van der Waals surface area (Å²) in [4.78, 5) is 12.6. The van der Waals surface area contributed by atoms with E-state index in [1.807, 2.05) is 12.1 Å². The Morgan fingerprint density at radius 3 is 2.79 bits per heavy atom. The second kappa shape index (κ2) is 3.91. The Morgan fingerprint density at radius 1 is 1.64 bits per heavy atom. The van der Waals surface area contributed by atoms with E-state index in [-0.39, 0.29) is 11.9 Å². The summed E-state index contributed by atoms with van der Waals surface area (Å²) >= 11 is 7.32. The average Bonchev–Trinajstić information content (AvgIpc) is 2.90. The van der Waals surface area contributed by atoms with Crippen molar-refractivity contribution in [2.24, 2.45) is 5.92 Å². The normalized spacial score (nSPS) is 17.9. The maximum absolute atomic E-state index is 11.5. The van der Waals surface area contributed by atoms with Gasteiger partial charge in [-0.15, -0.1) is 11.3 Å². The van der Waals surface area contributed by atoms with Crippen molar-refractivity contribution >= 4 is 28.9 Å². The standard InChI is InChI=1S/C10H11ClO2S/c1-13-10(12)9(6-2-3-6)7-4-5-8(11)14-7/h4-6,9H,2-3H2,1H3. The molecule has 2 nitrogen and oxygen atoms in total. The van der Waals surface area contributed by atoms with E-state index < -0.39 is 0 Å². The van der Waals surface area contributed by atoms with Crippen molar-refractivity contribution < 1.29 is 9.53 Å². The lowest BCUT2D eigenvalue weighted by Crippen LogP contribution is -2.14. The Hall–Kier alpha value is -0.540. The molecule has 1 unspecified atom stereocenters.